The number of carbonyl (C=O) groups excluding carboxylic acids is 1. The molecule has 2 N–H and O–H groups in total. The van der Waals surface area contributed by atoms with Crippen LogP contribution in [0.4, 0.5) is 10.5 Å². The molecule has 2 saturated heterocycles. The number of aromatic nitrogens is 1. The van der Waals surface area contributed by atoms with Crippen molar-refractivity contribution in [2.45, 2.75) is 39.0 Å². The number of carbonyl (C=O) groups is 1. The Morgan fingerprint density at radius 3 is 2.77 bits per heavy atom. The highest BCUT2D eigenvalue weighted by atomic mass is 16.2. The third-order valence-corrected chi connectivity index (χ3v) is 4.84. The van der Waals surface area contributed by atoms with E-state index in [-0.39, 0.29) is 11.4 Å². The van der Waals surface area contributed by atoms with Crippen LogP contribution in [0, 0.1) is 5.41 Å². The first kappa shape index (κ1) is 15.3. The molecule has 5 nitrogen and oxygen atoms in total. The van der Waals surface area contributed by atoms with Gasteiger partial charge in [-0.1, -0.05) is 20.8 Å². The van der Waals surface area contributed by atoms with Crippen LogP contribution in [-0.4, -0.2) is 42.1 Å². The van der Waals surface area contributed by atoms with Gasteiger partial charge in [0.15, 0.2) is 0 Å². The van der Waals surface area contributed by atoms with Crippen LogP contribution in [0.1, 0.15) is 39.3 Å². The van der Waals surface area contributed by atoms with E-state index in [4.69, 9.17) is 0 Å². The van der Waals surface area contributed by atoms with Crippen molar-refractivity contribution >= 4 is 11.7 Å². The van der Waals surface area contributed by atoms with E-state index < -0.39 is 0 Å². The van der Waals surface area contributed by atoms with Crippen LogP contribution >= 0.6 is 0 Å². The summed E-state index contributed by atoms with van der Waals surface area (Å²) in [6.07, 6.45) is 4.04. The topological polar surface area (TPSA) is 57.3 Å². The average molecular weight is 302 g/mol. The molecule has 22 heavy (non-hydrogen) atoms. The maximum Gasteiger partial charge on any atom is 0.321 e. The van der Waals surface area contributed by atoms with Crippen LogP contribution < -0.4 is 10.6 Å². The van der Waals surface area contributed by atoms with E-state index in [1.807, 2.05) is 17.0 Å². The Labute approximate surface area is 132 Å². The van der Waals surface area contributed by atoms with Crippen molar-refractivity contribution < 1.29 is 4.79 Å². The van der Waals surface area contributed by atoms with Crippen molar-refractivity contribution in [2.75, 3.05) is 31.5 Å². The van der Waals surface area contributed by atoms with E-state index >= 15 is 0 Å². The quantitative estimate of drug-likeness (QED) is 0.838. The summed E-state index contributed by atoms with van der Waals surface area (Å²) < 4.78 is 0. The minimum atomic E-state index is -0.00548. The van der Waals surface area contributed by atoms with Crippen LogP contribution in [0.3, 0.4) is 0 Å². The van der Waals surface area contributed by atoms with Crippen molar-refractivity contribution in [1.29, 1.82) is 0 Å². The Bertz CT molecular complexity index is 541. The first-order valence-electron chi connectivity index (χ1n) is 8.11. The summed E-state index contributed by atoms with van der Waals surface area (Å²) in [6.45, 7) is 10.2. The summed E-state index contributed by atoms with van der Waals surface area (Å²) in [7, 11) is 0. The number of hydrogen-bond donors (Lipinski definition) is 2. The SMILES string of the molecule is CC(C)(C)c1ccc(NC(=O)N2CCC3(CCNC3)C2)cn1. The fourth-order valence-electron chi connectivity index (χ4n) is 3.37. The molecule has 1 spiro atoms. The van der Waals surface area contributed by atoms with Crippen molar-refractivity contribution in [1.82, 2.24) is 15.2 Å². The minimum absolute atomic E-state index is 0.00548. The number of hydrogen-bond acceptors (Lipinski definition) is 3. The molecule has 0 bridgehead atoms. The van der Waals surface area contributed by atoms with Gasteiger partial charge in [-0.25, -0.2) is 4.79 Å². The van der Waals surface area contributed by atoms with Gasteiger partial charge in [-0.3, -0.25) is 4.98 Å². The molecular formula is C17H26N4O. The lowest BCUT2D eigenvalue weighted by molar-refractivity contribution is 0.215. The number of nitrogens with zero attached hydrogens (tertiary/aromatic N) is 2. The van der Waals surface area contributed by atoms with Gasteiger partial charge in [0.05, 0.1) is 11.9 Å². The molecule has 5 heteroatoms. The van der Waals surface area contributed by atoms with Crippen LogP contribution in [0.5, 0.6) is 0 Å². The molecule has 2 fully saturated rings. The molecule has 1 aromatic rings. The lowest BCUT2D eigenvalue weighted by Gasteiger charge is -2.23. The highest BCUT2D eigenvalue weighted by Crippen LogP contribution is 2.36. The van der Waals surface area contributed by atoms with Crippen LogP contribution in [0.25, 0.3) is 0 Å². The van der Waals surface area contributed by atoms with Gasteiger partial charge in [0.2, 0.25) is 0 Å². The van der Waals surface area contributed by atoms with E-state index in [0.717, 1.165) is 44.0 Å². The second-order valence-corrected chi connectivity index (χ2v) is 7.71. The fourth-order valence-corrected chi connectivity index (χ4v) is 3.37. The van der Waals surface area contributed by atoms with E-state index in [9.17, 15) is 4.79 Å². The number of rotatable bonds is 1. The van der Waals surface area contributed by atoms with Crippen LogP contribution in [0.15, 0.2) is 18.3 Å². The number of amides is 2. The van der Waals surface area contributed by atoms with Crippen LogP contribution in [0.2, 0.25) is 0 Å². The van der Waals surface area contributed by atoms with Gasteiger partial charge in [0.1, 0.15) is 0 Å². The molecule has 1 unspecified atom stereocenters. The summed E-state index contributed by atoms with van der Waals surface area (Å²) in [4.78, 5) is 18.8. The molecule has 0 saturated carbocycles. The lowest BCUT2D eigenvalue weighted by atomic mass is 9.87. The Balaban J connectivity index is 1.60. The molecule has 2 aliphatic heterocycles. The Kier molecular flexibility index (Phi) is 3.85. The molecule has 2 aliphatic rings. The molecule has 3 heterocycles. The van der Waals surface area contributed by atoms with E-state index in [2.05, 4.69) is 36.4 Å². The fraction of sp³-hybridized carbons (Fsp3) is 0.647. The first-order chi connectivity index (χ1) is 10.4. The van der Waals surface area contributed by atoms with Gasteiger partial charge in [0, 0.05) is 36.2 Å². The molecular weight excluding hydrogens is 276 g/mol. The molecule has 0 aromatic carbocycles. The van der Waals surface area contributed by atoms with Gasteiger partial charge in [-0.15, -0.1) is 0 Å². The summed E-state index contributed by atoms with van der Waals surface area (Å²) in [5.41, 5.74) is 2.14. The van der Waals surface area contributed by atoms with Gasteiger partial charge in [-0.05, 0) is 31.5 Å². The molecule has 0 aliphatic carbocycles. The summed E-state index contributed by atoms with van der Waals surface area (Å²) >= 11 is 0. The lowest BCUT2D eigenvalue weighted by Crippen LogP contribution is -2.36. The maximum absolute atomic E-state index is 12.4. The normalized spacial score (nSPS) is 25.0. The molecule has 120 valence electrons. The summed E-state index contributed by atoms with van der Waals surface area (Å²) in [6, 6.07) is 3.92. The van der Waals surface area contributed by atoms with Crippen molar-refractivity contribution in [3.63, 3.8) is 0 Å². The number of pyridine rings is 1. The number of urea groups is 1. The van der Waals surface area contributed by atoms with Crippen molar-refractivity contribution in [2.24, 2.45) is 5.41 Å². The Morgan fingerprint density at radius 2 is 2.18 bits per heavy atom. The van der Waals surface area contributed by atoms with E-state index in [1.54, 1.807) is 6.20 Å². The van der Waals surface area contributed by atoms with Gasteiger partial charge in [-0.2, -0.15) is 0 Å². The van der Waals surface area contributed by atoms with Crippen molar-refractivity contribution in [3.05, 3.63) is 24.0 Å². The number of nitrogens with one attached hydrogen (secondary N) is 2. The number of likely N-dealkylation sites (tertiary alicyclic amines) is 1. The van der Waals surface area contributed by atoms with Crippen molar-refractivity contribution in [3.8, 4) is 0 Å². The highest BCUT2D eigenvalue weighted by molar-refractivity contribution is 5.89. The molecule has 1 atom stereocenters. The molecule has 3 rings (SSSR count). The van der Waals surface area contributed by atoms with Crippen LogP contribution in [-0.2, 0) is 5.41 Å². The number of anilines is 1. The largest absolute Gasteiger partial charge is 0.324 e. The predicted octanol–water partition coefficient (Wildman–Crippen LogP) is 2.60. The Morgan fingerprint density at radius 1 is 1.36 bits per heavy atom. The zero-order valence-corrected chi connectivity index (χ0v) is 13.8. The second kappa shape index (κ2) is 5.54. The second-order valence-electron chi connectivity index (χ2n) is 7.71. The molecule has 1 aromatic heterocycles. The zero-order valence-electron chi connectivity index (χ0n) is 13.8. The third kappa shape index (κ3) is 3.09. The smallest absolute Gasteiger partial charge is 0.321 e. The standard InChI is InChI=1S/C17H26N4O/c1-16(2,3)14-5-4-13(10-19-14)20-15(22)21-9-7-17(12-21)6-8-18-11-17/h4-5,10,18H,6-9,11-12H2,1-3H3,(H,20,22). The third-order valence-electron chi connectivity index (χ3n) is 4.84. The first-order valence-corrected chi connectivity index (χ1v) is 8.11. The zero-order chi connectivity index (χ0) is 15.8. The summed E-state index contributed by atoms with van der Waals surface area (Å²) in [5.74, 6) is 0. The maximum atomic E-state index is 12.4. The predicted molar refractivity (Wildman–Crippen MR) is 88.1 cm³/mol. The Hall–Kier alpha value is -1.62. The molecule has 2 amide bonds. The average Bonchev–Trinajstić information content (AvgIpc) is 3.09. The highest BCUT2D eigenvalue weighted by Gasteiger charge is 2.41. The van der Waals surface area contributed by atoms with Gasteiger partial charge < -0.3 is 15.5 Å². The monoisotopic (exact) mass is 302 g/mol. The van der Waals surface area contributed by atoms with E-state index in [0.29, 0.717) is 5.41 Å². The minimum Gasteiger partial charge on any atom is -0.324 e. The van der Waals surface area contributed by atoms with E-state index in [1.165, 1.54) is 6.42 Å². The van der Waals surface area contributed by atoms with Gasteiger partial charge >= 0.3 is 6.03 Å². The molecule has 0 radical (unpaired) electrons. The summed E-state index contributed by atoms with van der Waals surface area (Å²) in [5, 5.41) is 6.39. The van der Waals surface area contributed by atoms with Gasteiger partial charge in [0.25, 0.3) is 0 Å².